The van der Waals surface area contributed by atoms with E-state index >= 15 is 0 Å². The highest BCUT2D eigenvalue weighted by Gasteiger charge is 2.22. The molecule has 1 fully saturated rings. The van der Waals surface area contributed by atoms with Crippen molar-refractivity contribution in [2.75, 3.05) is 11.9 Å². The molecule has 0 bridgehead atoms. The number of nitrogens with one attached hydrogen (secondary N) is 1. The van der Waals surface area contributed by atoms with Gasteiger partial charge in [0.25, 0.3) is 11.5 Å². The van der Waals surface area contributed by atoms with Crippen LogP contribution in [0.25, 0.3) is 0 Å². The van der Waals surface area contributed by atoms with Crippen LogP contribution in [0.2, 0.25) is 0 Å². The molecular weight excluding hydrogens is 320 g/mol. The molecule has 2 heterocycles. The number of ether oxygens (including phenoxy) is 1. The van der Waals surface area contributed by atoms with E-state index in [0.717, 1.165) is 25.1 Å². The molecule has 1 aliphatic rings. The number of aromatic hydroxyl groups is 1. The molecule has 1 atom stereocenters. The van der Waals surface area contributed by atoms with E-state index in [9.17, 15) is 14.7 Å². The first kappa shape index (κ1) is 17.2. The highest BCUT2D eigenvalue weighted by molar-refractivity contribution is 6.05. The second kappa shape index (κ2) is 7.11. The van der Waals surface area contributed by atoms with Crippen LogP contribution in [0.5, 0.6) is 5.75 Å². The Bertz CT molecular complexity index is 834. The van der Waals surface area contributed by atoms with Gasteiger partial charge in [-0.1, -0.05) is 0 Å². The summed E-state index contributed by atoms with van der Waals surface area (Å²) < 4.78 is 7.24. The van der Waals surface area contributed by atoms with Crippen molar-refractivity contribution in [1.82, 2.24) is 4.57 Å². The Labute approximate surface area is 146 Å². The molecule has 132 valence electrons. The highest BCUT2D eigenvalue weighted by atomic mass is 16.5. The maximum Gasteiger partial charge on any atom is 0.263 e. The van der Waals surface area contributed by atoms with Crippen molar-refractivity contribution in [1.29, 1.82) is 0 Å². The summed E-state index contributed by atoms with van der Waals surface area (Å²) in [5, 5.41) is 12.0. The molecular formula is C19H22N2O4. The van der Waals surface area contributed by atoms with E-state index in [0.29, 0.717) is 17.8 Å². The maximum absolute atomic E-state index is 12.9. The predicted molar refractivity (Wildman–Crippen MR) is 95.2 cm³/mol. The third kappa shape index (κ3) is 3.74. The molecule has 0 spiro atoms. The highest BCUT2D eigenvalue weighted by Crippen LogP contribution is 2.17. The molecule has 6 nitrogen and oxygen atoms in total. The summed E-state index contributed by atoms with van der Waals surface area (Å²) in [4.78, 5) is 25.5. The number of hydrogen-bond donors (Lipinski definition) is 2. The van der Waals surface area contributed by atoms with Gasteiger partial charge in [-0.2, -0.15) is 0 Å². The van der Waals surface area contributed by atoms with Crippen LogP contribution in [-0.4, -0.2) is 28.3 Å². The fourth-order valence-corrected chi connectivity index (χ4v) is 3.16. The lowest BCUT2D eigenvalue weighted by Gasteiger charge is -2.17. The van der Waals surface area contributed by atoms with E-state index in [1.165, 1.54) is 12.1 Å². The quantitative estimate of drug-likeness (QED) is 0.837. The number of carbonyl (C=O) groups excluding carboxylic acids is 1. The molecule has 3 rings (SSSR count). The van der Waals surface area contributed by atoms with Crippen molar-refractivity contribution in [2.24, 2.45) is 0 Å². The number of phenols is 1. The Morgan fingerprint density at radius 3 is 2.68 bits per heavy atom. The number of hydrogen-bond acceptors (Lipinski definition) is 4. The number of amides is 1. The fourth-order valence-electron chi connectivity index (χ4n) is 3.16. The summed E-state index contributed by atoms with van der Waals surface area (Å²) in [6, 6.07) is 7.98. The first-order valence-corrected chi connectivity index (χ1v) is 8.38. The molecule has 1 aromatic carbocycles. The molecule has 1 aromatic heterocycles. The molecule has 2 N–H and O–H groups in total. The molecule has 2 aromatic rings. The minimum atomic E-state index is -0.450. The van der Waals surface area contributed by atoms with E-state index in [1.54, 1.807) is 23.6 Å². The summed E-state index contributed by atoms with van der Waals surface area (Å²) in [7, 11) is 0. The zero-order valence-corrected chi connectivity index (χ0v) is 14.4. The Morgan fingerprint density at radius 2 is 2.04 bits per heavy atom. The summed E-state index contributed by atoms with van der Waals surface area (Å²) in [6.07, 6.45) is 1.94. The Morgan fingerprint density at radius 1 is 1.32 bits per heavy atom. The number of carbonyl (C=O) groups is 1. The average molecular weight is 342 g/mol. The van der Waals surface area contributed by atoms with Crippen molar-refractivity contribution >= 4 is 11.6 Å². The average Bonchev–Trinajstić information content (AvgIpc) is 3.06. The van der Waals surface area contributed by atoms with Crippen LogP contribution >= 0.6 is 0 Å². The van der Waals surface area contributed by atoms with Gasteiger partial charge in [0, 0.05) is 18.0 Å². The Hall–Kier alpha value is -2.60. The van der Waals surface area contributed by atoms with Crippen LogP contribution in [-0.2, 0) is 11.3 Å². The number of rotatable bonds is 4. The molecule has 0 saturated carbocycles. The van der Waals surface area contributed by atoms with Gasteiger partial charge in [-0.25, -0.2) is 0 Å². The molecule has 6 heteroatoms. The second-order valence-electron chi connectivity index (χ2n) is 6.40. The van der Waals surface area contributed by atoms with Crippen molar-refractivity contribution in [3.05, 3.63) is 57.5 Å². The van der Waals surface area contributed by atoms with Gasteiger partial charge in [0.1, 0.15) is 11.3 Å². The van der Waals surface area contributed by atoms with Gasteiger partial charge in [0.2, 0.25) is 0 Å². The van der Waals surface area contributed by atoms with E-state index in [4.69, 9.17) is 4.74 Å². The fraction of sp³-hybridized carbons (Fsp3) is 0.368. The van der Waals surface area contributed by atoms with Gasteiger partial charge in [-0.15, -0.1) is 0 Å². The zero-order chi connectivity index (χ0) is 18.0. The third-order valence-electron chi connectivity index (χ3n) is 4.47. The third-order valence-corrected chi connectivity index (χ3v) is 4.47. The molecule has 25 heavy (non-hydrogen) atoms. The largest absolute Gasteiger partial charge is 0.508 e. The smallest absolute Gasteiger partial charge is 0.263 e. The Balaban J connectivity index is 1.90. The zero-order valence-electron chi connectivity index (χ0n) is 14.4. The number of benzene rings is 1. The number of aromatic nitrogens is 1. The topological polar surface area (TPSA) is 80.6 Å². The number of phenolic OH excluding ortho intramolecular Hbond substituents is 1. The van der Waals surface area contributed by atoms with Crippen molar-refractivity contribution in [3.63, 3.8) is 0 Å². The lowest BCUT2D eigenvalue weighted by atomic mass is 10.1. The van der Waals surface area contributed by atoms with Crippen molar-refractivity contribution in [3.8, 4) is 5.75 Å². The first-order chi connectivity index (χ1) is 12.0. The van der Waals surface area contributed by atoms with Gasteiger partial charge >= 0.3 is 0 Å². The summed E-state index contributed by atoms with van der Waals surface area (Å²) in [6.45, 7) is 4.81. The lowest BCUT2D eigenvalue weighted by Crippen LogP contribution is -2.34. The van der Waals surface area contributed by atoms with Gasteiger partial charge in [0.15, 0.2) is 0 Å². The molecule has 0 aliphatic carbocycles. The van der Waals surface area contributed by atoms with Crippen LogP contribution in [0.1, 0.15) is 34.5 Å². The number of anilines is 1. The first-order valence-electron chi connectivity index (χ1n) is 8.38. The van der Waals surface area contributed by atoms with Gasteiger partial charge < -0.3 is 19.7 Å². The molecule has 1 aliphatic heterocycles. The van der Waals surface area contributed by atoms with Crippen molar-refractivity contribution in [2.45, 2.75) is 39.3 Å². The normalized spacial score (nSPS) is 16.8. The molecule has 1 saturated heterocycles. The van der Waals surface area contributed by atoms with E-state index in [1.807, 2.05) is 13.0 Å². The second-order valence-corrected chi connectivity index (χ2v) is 6.40. The standard InChI is InChI=1S/C19H22N2O4/c1-12-10-13(2)21(11-16-4-3-9-25-16)19(24)17(12)18(23)20-14-5-7-15(22)8-6-14/h5-8,10,16,22H,3-4,9,11H2,1-2H3,(H,20,23). The van der Waals surface area contributed by atoms with Gasteiger partial charge in [0.05, 0.1) is 12.6 Å². The monoisotopic (exact) mass is 342 g/mol. The minimum absolute atomic E-state index is 0.0205. The predicted octanol–water partition coefficient (Wildman–Crippen LogP) is 2.60. The van der Waals surface area contributed by atoms with Crippen LogP contribution in [0, 0.1) is 13.8 Å². The summed E-state index contributed by atoms with van der Waals surface area (Å²) >= 11 is 0. The summed E-state index contributed by atoms with van der Waals surface area (Å²) in [5.41, 5.74) is 1.82. The molecule has 0 radical (unpaired) electrons. The number of pyridine rings is 1. The van der Waals surface area contributed by atoms with Gasteiger partial charge in [-0.3, -0.25) is 9.59 Å². The van der Waals surface area contributed by atoms with Crippen LogP contribution in [0.4, 0.5) is 5.69 Å². The van der Waals surface area contributed by atoms with Crippen LogP contribution in [0.15, 0.2) is 35.1 Å². The summed E-state index contributed by atoms with van der Waals surface area (Å²) in [5.74, 6) is -0.335. The number of nitrogens with zero attached hydrogens (tertiary/aromatic N) is 1. The number of aryl methyl sites for hydroxylation is 2. The van der Waals surface area contributed by atoms with Gasteiger partial charge in [-0.05, 0) is 62.6 Å². The Kier molecular flexibility index (Phi) is 4.90. The van der Waals surface area contributed by atoms with Crippen molar-refractivity contribution < 1.29 is 14.6 Å². The van der Waals surface area contributed by atoms with E-state index in [-0.39, 0.29) is 23.0 Å². The van der Waals surface area contributed by atoms with E-state index in [2.05, 4.69) is 5.32 Å². The van der Waals surface area contributed by atoms with E-state index < -0.39 is 5.91 Å². The minimum Gasteiger partial charge on any atom is -0.508 e. The lowest BCUT2D eigenvalue weighted by molar-refractivity contribution is 0.0947. The maximum atomic E-state index is 12.9. The molecule has 1 unspecified atom stereocenters. The molecule has 1 amide bonds. The SMILES string of the molecule is Cc1cc(C)n(CC2CCCO2)c(=O)c1C(=O)Nc1ccc(O)cc1. The van der Waals surface area contributed by atoms with Crippen LogP contribution in [0.3, 0.4) is 0 Å². The van der Waals surface area contributed by atoms with Crippen LogP contribution < -0.4 is 10.9 Å².